The first kappa shape index (κ1) is 5.06. The van der Waals surface area contributed by atoms with E-state index in [2.05, 4.69) is 13.0 Å². The van der Waals surface area contributed by atoms with Gasteiger partial charge in [-0.05, 0) is 19.1 Å². The van der Waals surface area contributed by atoms with Crippen molar-refractivity contribution in [1.82, 2.24) is 0 Å². The Bertz CT molecular complexity index is 290. The smallest absolute Gasteiger partial charge is 0.144 e. The van der Waals surface area contributed by atoms with Crippen LogP contribution in [0.4, 0.5) is 0 Å². The monoisotopic (exact) mass is 138 g/mol. The lowest BCUT2D eigenvalue weighted by Gasteiger charge is -1.70. The van der Waals surface area contributed by atoms with Gasteiger partial charge in [0.1, 0.15) is 5.58 Å². The van der Waals surface area contributed by atoms with Gasteiger partial charge in [0.05, 0.1) is 11.0 Å². The number of thiophene rings is 1. The minimum atomic E-state index is 1.01. The molecule has 0 saturated heterocycles. The first-order chi connectivity index (χ1) is 4.36. The number of rotatable bonds is 0. The Morgan fingerprint density at radius 3 is 3.22 bits per heavy atom. The molecule has 0 aromatic carbocycles. The average molecular weight is 138 g/mol. The Hall–Kier alpha value is -0.760. The summed E-state index contributed by atoms with van der Waals surface area (Å²) in [5.41, 5.74) is 1.01. The molecule has 46 valence electrons. The molecule has 2 heterocycles. The molecule has 0 aliphatic carbocycles. The molecule has 0 amide bonds. The molecule has 2 aromatic rings. The van der Waals surface area contributed by atoms with Crippen LogP contribution in [-0.4, -0.2) is 0 Å². The van der Waals surface area contributed by atoms with Gasteiger partial charge in [-0.3, -0.25) is 0 Å². The quantitative estimate of drug-likeness (QED) is 0.545. The molecule has 0 radical (unpaired) electrons. The van der Waals surface area contributed by atoms with E-state index in [-0.39, 0.29) is 0 Å². The Morgan fingerprint density at radius 2 is 2.44 bits per heavy atom. The van der Waals surface area contributed by atoms with Crippen LogP contribution in [0.5, 0.6) is 0 Å². The van der Waals surface area contributed by atoms with Crippen LogP contribution < -0.4 is 0 Å². The van der Waals surface area contributed by atoms with E-state index in [4.69, 9.17) is 4.42 Å². The first-order valence-corrected chi connectivity index (χ1v) is 3.61. The normalized spacial score (nSPS) is 10.8. The molecule has 0 N–H and O–H groups in total. The van der Waals surface area contributed by atoms with Gasteiger partial charge in [0, 0.05) is 4.88 Å². The highest BCUT2D eigenvalue weighted by Crippen LogP contribution is 2.24. The Labute approximate surface area is 56.9 Å². The summed E-state index contributed by atoms with van der Waals surface area (Å²) in [6.07, 6.45) is 1.72. The first-order valence-electron chi connectivity index (χ1n) is 2.80. The number of fused-ring (bicyclic) bond motifs is 1. The van der Waals surface area contributed by atoms with E-state index in [1.165, 1.54) is 9.58 Å². The maximum Gasteiger partial charge on any atom is 0.144 e. The van der Waals surface area contributed by atoms with Crippen LogP contribution in [0.25, 0.3) is 10.3 Å². The minimum Gasteiger partial charge on any atom is -0.463 e. The molecular formula is C7H6OS. The lowest BCUT2D eigenvalue weighted by molar-refractivity contribution is 0.616. The van der Waals surface area contributed by atoms with Crippen molar-refractivity contribution in [3.05, 3.63) is 23.3 Å². The van der Waals surface area contributed by atoms with Crippen molar-refractivity contribution in [2.24, 2.45) is 0 Å². The van der Waals surface area contributed by atoms with Gasteiger partial charge in [-0.2, -0.15) is 0 Å². The summed E-state index contributed by atoms with van der Waals surface area (Å²) >= 11 is 1.77. The van der Waals surface area contributed by atoms with E-state index in [0.29, 0.717) is 0 Å². The molecule has 0 bridgehead atoms. The zero-order valence-corrected chi connectivity index (χ0v) is 5.87. The molecule has 0 atom stereocenters. The molecule has 2 heteroatoms. The third-order valence-corrected chi connectivity index (χ3v) is 2.26. The van der Waals surface area contributed by atoms with Gasteiger partial charge in [-0.1, -0.05) is 0 Å². The summed E-state index contributed by atoms with van der Waals surface area (Å²) in [6, 6.07) is 4.05. The summed E-state index contributed by atoms with van der Waals surface area (Å²) < 4.78 is 6.39. The summed E-state index contributed by atoms with van der Waals surface area (Å²) in [5.74, 6) is 0. The maximum absolute atomic E-state index is 5.15. The van der Waals surface area contributed by atoms with E-state index in [1.807, 2.05) is 6.07 Å². The van der Waals surface area contributed by atoms with E-state index in [9.17, 15) is 0 Å². The Kier molecular flexibility index (Phi) is 0.904. The van der Waals surface area contributed by atoms with Gasteiger partial charge in [0.25, 0.3) is 0 Å². The van der Waals surface area contributed by atoms with Crippen molar-refractivity contribution in [3.8, 4) is 0 Å². The second kappa shape index (κ2) is 1.61. The third-order valence-electron chi connectivity index (χ3n) is 1.26. The fraction of sp³-hybridized carbons (Fsp3) is 0.143. The summed E-state index contributed by atoms with van der Waals surface area (Å²) in [5, 5.41) is 0. The summed E-state index contributed by atoms with van der Waals surface area (Å²) in [4.78, 5) is 1.31. The van der Waals surface area contributed by atoms with Gasteiger partial charge >= 0.3 is 0 Å². The average Bonchev–Trinajstić information content (AvgIpc) is 2.22. The predicted octanol–water partition coefficient (Wildman–Crippen LogP) is 2.80. The standard InChI is InChI=1S/C7H6OS/c1-5-4-6-7(9-5)2-3-8-6/h2-4H,1H3. The van der Waals surface area contributed by atoms with Crippen molar-refractivity contribution in [2.45, 2.75) is 6.92 Å². The fourth-order valence-corrected chi connectivity index (χ4v) is 1.73. The molecule has 0 saturated carbocycles. The lowest BCUT2D eigenvalue weighted by Crippen LogP contribution is -1.47. The molecule has 2 rings (SSSR count). The molecule has 1 nitrogen and oxygen atoms in total. The van der Waals surface area contributed by atoms with Gasteiger partial charge in [-0.15, -0.1) is 11.3 Å². The van der Waals surface area contributed by atoms with E-state index >= 15 is 0 Å². The molecule has 0 unspecified atom stereocenters. The van der Waals surface area contributed by atoms with Gasteiger partial charge in [0.2, 0.25) is 0 Å². The second-order valence-corrected chi connectivity index (χ2v) is 3.29. The van der Waals surface area contributed by atoms with E-state index in [0.717, 1.165) is 5.58 Å². The molecule has 2 aromatic heterocycles. The van der Waals surface area contributed by atoms with Crippen molar-refractivity contribution < 1.29 is 4.42 Å². The van der Waals surface area contributed by atoms with Gasteiger partial charge < -0.3 is 4.42 Å². The van der Waals surface area contributed by atoms with Crippen LogP contribution in [0.1, 0.15) is 4.88 Å². The molecule has 0 spiro atoms. The van der Waals surface area contributed by atoms with Gasteiger partial charge in [0.15, 0.2) is 0 Å². The lowest BCUT2D eigenvalue weighted by atomic mass is 10.5. The second-order valence-electron chi connectivity index (χ2n) is 2.01. The van der Waals surface area contributed by atoms with Crippen molar-refractivity contribution >= 4 is 21.6 Å². The highest BCUT2D eigenvalue weighted by atomic mass is 32.1. The van der Waals surface area contributed by atoms with Crippen LogP contribution in [-0.2, 0) is 0 Å². The zero-order chi connectivity index (χ0) is 6.27. The van der Waals surface area contributed by atoms with Crippen molar-refractivity contribution in [1.29, 1.82) is 0 Å². The summed E-state index contributed by atoms with van der Waals surface area (Å²) in [6.45, 7) is 2.08. The SMILES string of the molecule is Cc1cc2occc2s1. The molecule has 9 heavy (non-hydrogen) atoms. The van der Waals surface area contributed by atoms with E-state index in [1.54, 1.807) is 17.6 Å². The van der Waals surface area contributed by atoms with E-state index < -0.39 is 0 Å². The Balaban J connectivity index is 2.92. The molecule has 0 aliphatic heterocycles. The number of aryl methyl sites for hydroxylation is 1. The largest absolute Gasteiger partial charge is 0.463 e. The molecule has 0 fully saturated rings. The van der Waals surface area contributed by atoms with Crippen molar-refractivity contribution in [2.75, 3.05) is 0 Å². The maximum atomic E-state index is 5.15. The van der Waals surface area contributed by atoms with Gasteiger partial charge in [-0.25, -0.2) is 0 Å². The number of hydrogen-bond donors (Lipinski definition) is 0. The molecular weight excluding hydrogens is 132 g/mol. The topological polar surface area (TPSA) is 13.1 Å². The number of furan rings is 1. The van der Waals surface area contributed by atoms with Crippen LogP contribution >= 0.6 is 11.3 Å². The predicted molar refractivity (Wildman–Crippen MR) is 38.8 cm³/mol. The van der Waals surface area contributed by atoms with Crippen LogP contribution in [0.3, 0.4) is 0 Å². The molecule has 0 aliphatic rings. The third kappa shape index (κ3) is 0.669. The number of hydrogen-bond acceptors (Lipinski definition) is 2. The van der Waals surface area contributed by atoms with Crippen LogP contribution in [0, 0.1) is 6.92 Å². The van der Waals surface area contributed by atoms with Crippen LogP contribution in [0.15, 0.2) is 22.8 Å². The Morgan fingerprint density at radius 1 is 1.56 bits per heavy atom. The van der Waals surface area contributed by atoms with Crippen molar-refractivity contribution in [3.63, 3.8) is 0 Å². The highest BCUT2D eigenvalue weighted by molar-refractivity contribution is 7.18. The minimum absolute atomic E-state index is 1.01. The highest BCUT2D eigenvalue weighted by Gasteiger charge is 1.97. The summed E-state index contributed by atoms with van der Waals surface area (Å²) in [7, 11) is 0. The zero-order valence-electron chi connectivity index (χ0n) is 5.05. The fourth-order valence-electron chi connectivity index (χ4n) is 0.886. The van der Waals surface area contributed by atoms with Crippen LogP contribution in [0.2, 0.25) is 0 Å².